The third-order valence-corrected chi connectivity index (χ3v) is 3.37. The van der Waals surface area contributed by atoms with Crippen LogP contribution in [0.3, 0.4) is 0 Å². The highest BCUT2D eigenvalue weighted by atomic mass is 19.1. The number of ether oxygens (including phenoxy) is 1. The van der Waals surface area contributed by atoms with Crippen molar-refractivity contribution >= 4 is 17.5 Å². The lowest BCUT2D eigenvalue weighted by Gasteiger charge is -2.15. The lowest BCUT2D eigenvalue weighted by Crippen LogP contribution is -2.39. The topological polar surface area (TPSA) is 67.4 Å². The van der Waals surface area contributed by atoms with Gasteiger partial charge in [0.05, 0.1) is 7.11 Å². The van der Waals surface area contributed by atoms with E-state index in [1.165, 1.54) is 25.3 Å². The van der Waals surface area contributed by atoms with E-state index in [1.807, 2.05) is 0 Å². The molecule has 0 aromatic heterocycles. The molecule has 0 spiro atoms. The van der Waals surface area contributed by atoms with Crippen LogP contribution in [0, 0.1) is 11.2 Å². The maximum absolute atomic E-state index is 13.3. The van der Waals surface area contributed by atoms with Gasteiger partial charge < -0.3 is 15.4 Å². The van der Waals surface area contributed by atoms with E-state index < -0.39 is 11.2 Å². The van der Waals surface area contributed by atoms with E-state index in [-0.39, 0.29) is 17.6 Å². The molecular weight excluding hydrogens is 263 g/mol. The predicted molar refractivity (Wildman–Crippen MR) is 71.9 cm³/mol. The number of methoxy groups -OCH3 is 1. The zero-order valence-electron chi connectivity index (χ0n) is 11.5. The molecule has 108 valence electrons. The molecule has 0 bridgehead atoms. The first kappa shape index (κ1) is 14.3. The SMILES string of the molecule is CCNC(=O)C1(C(=O)Nc2ccc(F)c(OC)c2)CC1. The molecule has 2 rings (SSSR count). The molecule has 1 saturated carbocycles. The highest BCUT2D eigenvalue weighted by Crippen LogP contribution is 2.46. The Labute approximate surface area is 116 Å². The van der Waals surface area contributed by atoms with E-state index in [9.17, 15) is 14.0 Å². The number of anilines is 1. The molecule has 5 nitrogen and oxygen atoms in total. The molecular formula is C14H17FN2O3. The van der Waals surface area contributed by atoms with Gasteiger partial charge in [-0.1, -0.05) is 0 Å². The van der Waals surface area contributed by atoms with Crippen molar-refractivity contribution in [2.75, 3.05) is 19.0 Å². The average molecular weight is 280 g/mol. The minimum absolute atomic E-state index is 0.0469. The number of hydrogen-bond donors (Lipinski definition) is 2. The largest absolute Gasteiger partial charge is 0.494 e. The van der Waals surface area contributed by atoms with E-state index in [2.05, 4.69) is 10.6 Å². The number of nitrogens with one attached hydrogen (secondary N) is 2. The van der Waals surface area contributed by atoms with E-state index in [1.54, 1.807) is 6.92 Å². The fourth-order valence-corrected chi connectivity index (χ4v) is 2.00. The van der Waals surface area contributed by atoms with E-state index in [0.29, 0.717) is 25.1 Å². The average Bonchev–Trinajstić information content (AvgIpc) is 3.22. The number of amides is 2. The Kier molecular flexibility index (Phi) is 3.92. The van der Waals surface area contributed by atoms with Crippen LogP contribution in [0.25, 0.3) is 0 Å². The Morgan fingerprint density at radius 1 is 1.35 bits per heavy atom. The number of carbonyl (C=O) groups excluding carboxylic acids is 2. The third kappa shape index (κ3) is 2.59. The molecule has 0 radical (unpaired) electrons. The summed E-state index contributed by atoms with van der Waals surface area (Å²) in [5.74, 6) is -1.08. The summed E-state index contributed by atoms with van der Waals surface area (Å²) in [6.45, 7) is 2.29. The number of carbonyl (C=O) groups is 2. The molecule has 0 unspecified atom stereocenters. The molecule has 0 atom stereocenters. The van der Waals surface area contributed by atoms with Crippen LogP contribution in [0.15, 0.2) is 18.2 Å². The van der Waals surface area contributed by atoms with Crippen LogP contribution in [0.1, 0.15) is 19.8 Å². The van der Waals surface area contributed by atoms with Gasteiger partial charge in [0.2, 0.25) is 11.8 Å². The van der Waals surface area contributed by atoms with Crippen LogP contribution < -0.4 is 15.4 Å². The van der Waals surface area contributed by atoms with Crippen molar-refractivity contribution in [3.05, 3.63) is 24.0 Å². The second-order valence-corrected chi connectivity index (χ2v) is 4.75. The van der Waals surface area contributed by atoms with Crippen molar-refractivity contribution in [1.29, 1.82) is 0 Å². The van der Waals surface area contributed by atoms with Crippen LogP contribution in [-0.2, 0) is 9.59 Å². The van der Waals surface area contributed by atoms with Gasteiger partial charge in [-0.3, -0.25) is 9.59 Å². The first-order valence-corrected chi connectivity index (χ1v) is 6.47. The Morgan fingerprint density at radius 2 is 2.05 bits per heavy atom. The van der Waals surface area contributed by atoms with E-state index in [4.69, 9.17) is 4.74 Å². The summed E-state index contributed by atoms with van der Waals surface area (Å²) in [6.07, 6.45) is 1.06. The summed E-state index contributed by atoms with van der Waals surface area (Å²) in [5.41, 5.74) is -0.568. The standard InChI is InChI=1S/C14H17FN2O3/c1-3-16-12(18)14(6-7-14)13(19)17-9-4-5-10(15)11(8-9)20-2/h4-5,8H,3,6-7H2,1-2H3,(H,16,18)(H,17,19). The smallest absolute Gasteiger partial charge is 0.240 e. The Balaban J connectivity index is 2.10. The number of halogens is 1. The fraction of sp³-hybridized carbons (Fsp3) is 0.429. The van der Waals surface area contributed by atoms with Crippen LogP contribution in [-0.4, -0.2) is 25.5 Å². The van der Waals surface area contributed by atoms with Gasteiger partial charge in [0, 0.05) is 18.3 Å². The zero-order valence-corrected chi connectivity index (χ0v) is 11.5. The maximum Gasteiger partial charge on any atom is 0.240 e. The van der Waals surface area contributed by atoms with Gasteiger partial charge in [-0.25, -0.2) is 4.39 Å². The highest BCUT2D eigenvalue weighted by Gasteiger charge is 2.56. The Bertz CT molecular complexity index is 541. The van der Waals surface area contributed by atoms with Crippen molar-refractivity contribution in [2.24, 2.45) is 5.41 Å². The molecule has 0 heterocycles. The molecule has 2 amide bonds. The molecule has 1 aliphatic rings. The minimum Gasteiger partial charge on any atom is -0.494 e. The Morgan fingerprint density at radius 3 is 2.60 bits per heavy atom. The predicted octanol–water partition coefficient (Wildman–Crippen LogP) is 1.69. The first-order valence-electron chi connectivity index (χ1n) is 6.47. The second kappa shape index (κ2) is 5.48. The molecule has 6 heteroatoms. The van der Waals surface area contributed by atoms with Gasteiger partial charge >= 0.3 is 0 Å². The van der Waals surface area contributed by atoms with Gasteiger partial charge in [0.15, 0.2) is 11.6 Å². The molecule has 0 saturated heterocycles. The summed E-state index contributed by atoms with van der Waals surface area (Å²) in [4.78, 5) is 24.1. The molecule has 1 aromatic carbocycles. The van der Waals surface area contributed by atoms with Gasteiger partial charge in [-0.15, -0.1) is 0 Å². The zero-order chi connectivity index (χ0) is 14.8. The van der Waals surface area contributed by atoms with Crippen molar-refractivity contribution in [1.82, 2.24) is 5.32 Å². The fourth-order valence-electron chi connectivity index (χ4n) is 2.00. The van der Waals surface area contributed by atoms with Crippen LogP contribution in [0.4, 0.5) is 10.1 Å². The van der Waals surface area contributed by atoms with Crippen molar-refractivity contribution in [2.45, 2.75) is 19.8 Å². The van der Waals surface area contributed by atoms with E-state index in [0.717, 1.165) is 0 Å². The quantitative estimate of drug-likeness (QED) is 0.807. The highest BCUT2D eigenvalue weighted by molar-refractivity contribution is 6.13. The summed E-state index contributed by atoms with van der Waals surface area (Å²) < 4.78 is 18.1. The lowest BCUT2D eigenvalue weighted by molar-refractivity contribution is -0.134. The Hall–Kier alpha value is -2.11. The molecule has 2 N–H and O–H groups in total. The van der Waals surface area contributed by atoms with Crippen LogP contribution in [0.5, 0.6) is 5.75 Å². The number of rotatable bonds is 5. The van der Waals surface area contributed by atoms with Crippen LogP contribution in [0.2, 0.25) is 0 Å². The molecule has 20 heavy (non-hydrogen) atoms. The molecule has 1 aliphatic carbocycles. The monoisotopic (exact) mass is 280 g/mol. The lowest BCUT2D eigenvalue weighted by atomic mass is 10.1. The van der Waals surface area contributed by atoms with Crippen molar-refractivity contribution in [3.8, 4) is 5.75 Å². The maximum atomic E-state index is 13.3. The molecule has 1 fully saturated rings. The van der Waals surface area contributed by atoms with Crippen molar-refractivity contribution < 1.29 is 18.7 Å². The molecule has 0 aliphatic heterocycles. The minimum atomic E-state index is -0.975. The molecule has 1 aromatic rings. The number of benzene rings is 1. The van der Waals surface area contributed by atoms with Gasteiger partial charge in [-0.05, 0) is 31.9 Å². The third-order valence-electron chi connectivity index (χ3n) is 3.37. The van der Waals surface area contributed by atoms with Crippen LogP contribution >= 0.6 is 0 Å². The van der Waals surface area contributed by atoms with E-state index >= 15 is 0 Å². The summed E-state index contributed by atoms with van der Waals surface area (Å²) in [7, 11) is 1.35. The second-order valence-electron chi connectivity index (χ2n) is 4.75. The van der Waals surface area contributed by atoms with Gasteiger partial charge in [0.25, 0.3) is 0 Å². The summed E-state index contributed by atoms with van der Waals surface area (Å²) >= 11 is 0. The summed E-state index contributed by atoms with van der Waals surface area (Å²) in [5, 5.41) is 5.30. The van der Waals surface area contributed by atoms with Gasteiger partial charge in [-0.2, -0.15) is 0 Å². The normalized spacial score (nSPS) is 15.3. The van der Waals surface area contributed by atoms with Crippen molar-refractivity contribution in [3.63, 3.8) is 0 Å². The number of hydrogen-bond acceptors (Lipinski definition) is 3. The summed E-state index contributed by atoms with van der Waals surface area (Å²) in [6, 6.07) is 4.03. The first-order chi connectivity index (χ1) is 9.53. The van der Waals surface area contributed by atoms with Gasteiger partial charge in [0.1, 0.15) is 5.41 Å².